The summed E-state index contributed by atoms with van der Waals surface area (Å²) in [7, 11) is 0. The number of aromatic carboxylic acids is 1. The number of carbonyl (C=O) groups is 2. The van der Waals surface area contributed by atoms with E-state index >= 15 is 0 Å². The van der Waals surface area contributed by atoms with E-state index in [1.54, 1.807) is 13.8 Å². The second kappa shape index (κ2) is 5.55. The van der Waals surface area contributed by atoms with E-state index in [0.717, 1.165) is 6.07 Å². The maximum atomic E-state index is 11.1. The van der Waals surface area contributed by atoms with E-state index in [0.29, 0.717) is 0 Å². The number of primary amides is 1. The molecule has 0 unspecified atom stereocenters. The molecular weight excluding hydrogens is 266 g/mol. The number of nitro groups is 1. The molecule has 1 aromatic carbocycles. The van der Waals surface area contributed by atoms with Crippen molar-refractivity contribution in [3.63, 3.8) is 0 Å². The molecule has 8 nitrogen and oxygen atoms in total. The number of carbonyl (C=O) groups excluding carboxylic acids is 1. The van der Waals surface area contributed by atoms with Gasteiger partial charge in [0.15, 0.2) is 0 Å². The number of hydrogen-bond acceptors (Lipinski definition) is 5. The molecule has 0 saturated carbocycles. The first kappa shape index (κ1) is 15.4. The summed E-state index contributed by atoms with van der Waals surface area (Å²) in [5, 5.41) is 22.8. The molecule has 0 fully saturated rings. The summed E-state index contributed by atoms with van der Waals surface area (Å²) < 4.78 is 0. The van der Waals surface area contributed by atoms with Crippen molar-refractivity contribution in [2.75, 3.05) is 5.32 Å². The van der Waals surface area contributed by atoms with Gasteiger partial charge in [-0.25, -0.2) is 4.79 Å². The number of carboxylic acids is 1. The average molecular weight is 281 g/mol. The maximum Gasteiger partial charge on any atom is 0.342 e. The Hall–Kier alpha value is -2.64. The minimum Gasteiger partial charge on any atom is -0.477 e. The number of nitrogens with one attached hydrogen (secondary N) is 1. The van der Waals surface area contributed by atoms with Crippen molar-refractivity contribution in [2.45, 2.75) is 25.8 Å². The minimum atomic E-state index is -1.40. The van der Waals surface area contributed by atoms with Gasteiger partial charge in [-0.05, 0) is 26.0 Å². The van der Waals surface area contributed by atoms with Crippen molar-refractivity contribution >= 4 is 23.3 Å². The summed E-state index contributed by atoms with van der Waals surface area (Å²) in [4.78, 5) is 32.3. The van der Waals surface area contributed by atoms with E-state index < -0.39 is 33.6 Å². The lowest BCUT2D eigenvalue weighted by Crippen LogP contribution is -2.36. The Kier molecular flexibility index (Phi) is 4.28. The molecule has 0 aliphatic rings. The van der Waals surface area contributed by atoms with E-state index in [-0.39, 0.29) is 12.1 Å². The molecule has 1 aromatic rings. The standard InChI is InChI=1S/C12H15N3O5/c1-12(2,6-9(13)16)14-8-5-3-4-7(11(17)18)10(8)15(19)20/h3-5,14H,6H2,1-2H3,(H2,13,16)(H,17,18). The average Bonchev–Trinajstić information content (AvgIpc) is 2.25. The largest absolute Gasteiger partial charge is 0.477 e. The molecule has 1 amide bonds. The van der Waals surface area contributed by atoms with E-state index in [1.165, 1.54) is 12.1 Å². The van der Waals surface area contributed by atoms with E-state index in [9.17, 15) is 19.7 Å². The maximum absolute atomic E-state index is 11.1. The van der Waals surface area contributed by atoms with Crippen LogP contribution in [0.4, 0.5) is 11.4 Å². The fourth-order valence-corrected chi connectivity index (χ4v) is 1.86. The van der Waals surface area contributed by atoms with Crippen LogP contribution >= 0.6 is 0 Å². The van der Waals surface area contributed by atoms with Gasteiger partial charge < -0.3 is 16.2 Å². The van der Waals surface area contributed by atoms with Gasteiger partial charge in [0, 0.05) is 12.0 Å². The van der Waals surface area contributed by atoms with Crippen LogP contribution in [0.1, 0.15) is 30.6 Å². The minimum absolute atomic E-state index is 0.0288. The predicted molar refractivity (Wildman–Crippen MR) is 71.6 cm³/mol. The van der Waals surface area contributed by atoms with Gasteiger partial charge in [-0.2, -0.15) is 0 Å². The number of benzene rings is 1. The molecule has 1 rings (SSSR count). The Morgan fingerprint density at radius 3 is 2.50 bits per heavy atom. The number of nitro benzene ring substituents is 1. The third kappa shape index (κ3) is 3.67. The van der Waals surface area contributed by atoms with Crippen LogP contribution in [0.5, 0.6) is 0 Å². The highest BCUT2D eigenvalue weighted by Gasteiger charge is 2.28. The van der Waals surface area contributed by atoms with Crippen molar-refractivity contribution in [1.29, 1.82) is 0 Å². The second-order valence-electron chi connectivity index (χ2n) is 4.92. The van der Waals surface area contributed by atoms with Crippen LogP contribution in [0.3, 0.4) is 0 Å². The predicted octanol–water partition coefficient (Wildman–Crippen LogP) is 1.36. The van der Waals surface area contributed by atoms with Crippen LogP contribution in [-0.4, -0.2) is 27.4 Å². The van der Waals surface area contributed by atoms with Crippen LogP contribution in [0, 0.1) is 10.1 Å². The quantitative estimate of drug-likeness (QED) is 0.532. The first-order valence-electron chi connectivity index (χ1n) is 5.71. The third-order valence-corrected chi connectivity index (χ3v) is 2.54. The molecule has 0 radical (unpaired) electrons. The van der Waals surface area contributed by atoms with Gasteiger partial charge >= 0.3 is 11.7 Å². The summed E-state index contributed by atoms with van der Waals surface area (Å²) in [6.45, 7) is 3.27. The summed E-state index contributed by atoms with van der Waals surface area (Å²) in [5.74, 6) is -1.97. The number of amides is 1. The van der Waals surface area contributed by atoms with Crippen LogP contribution in [0.15, 0.2) is 18.2 Å². The second-order valence-corrected chi connectivity index (χ2v) is 4.92. The Morgan fingerprint density at radius 2 is 2.05 bits per heavy atom. The fraction of sp³-hybridized carbons (Fsp3) is 0.333. The van der Waals surface area contributed by atoms with Gasteiger partial charge in [0.1, 0.15) is 11.3 Å². The lowest BCUT2D eigenvalue weighted by atomic mass is 9.99. The van der Waals surface area contributed by atoms with Gasteiger partial charge in [0.25, 0.3) is 0 Å². The van der Waals surface area contributed by atoms with Crippen LogP contribution in [-0.2, 0) is 4.79 Å². The molecule has 0 atom stereocenters. The van der Waals surface area contributed by atoms with Gasteiger partial charge in [-0.3, -0.25) is 14.9 Å². The number of rotatable bonds is 6. The van der Waals surface area contributed by atoms with Gasteiger partial charge in [-0.1, -0.05) is 6.07 Å². The van der Waals surface area contributed by atoms with Crippen molar-refractivity contribution in [3.8, 4) is 0 Å². The molecule has 0 heterocycles. The SMILES string of the molecule is CC(C)(CC(N)=O)Nc1cccc(C(=O)O)c1[N+](=O)[O-]. The monoisotopic (exact) mass is 281 g/mol. The zero-order chi connectivity index (χ0) is 15.5. The third-order valence-electron chi connectivity index (χ3n) is 2.54. The summed E-state index contributed by atoms with van der Waals surface area (Å²) >= 11 is 0. The fourth-order valence-electron chi connectivity index (χ4n) is 1.86. The Balaban J connectivity index is 3.25. The number of nitrogens with two attached hydrogens (primary N) is 1. The highest BCUT2D eigenvalue weighted by molar-refractivity contribution is 5.95. The first-order chi connectivity index (χ1) is 9.14. The molecule has 8 heteroatoms. The number of anilines is 1. The molecule has 0 spiro atoms. The number of hydrogen-bond donors (Lipinski definition) is 3. The Bertz CT molecular complexity index is 568. The number of carboxylic acid groups (broad SMARTS) is 1. The lowest BCUT2D eigenvalue weighted by Gasteiger charge is -2.26. The molecule has 20 heavy (non-hydrogen) atoms. The van der Waals surface area contributed by atoms with Crippen LogP contribution in [0.25, 0.3) is 0 Å². The van der Waals surface area contributed by atoms with Crippen molar-refractivity contribution in [2.24, 2.45) is 5.73 Å². The van der Waals surface area contributed by atoms with Gasteiger partial charge in [0.2, 0.25) is 5.91 Å². The van der Waals surface area contributed by atoms with Crippen molar-refractivity contribution < 1.29 is 19.6 Å². The van der Waals surface area contributed by atoms with Crippen molar-refractivity contribution in [1.82, 2.24) is 0 Å². The topological polar surface area (TPSA) is 136 Å². The molecule has 4 N–H and O–H groups in total. The van der Waals surface area contributed by atoms with E-state index in [2.05, 4.69) is 5.32 Å². The van der Waals surface area contributed by atoms with Gasteiger partial charge in [0.05, 0.1) is 4.92 Å². The molecular formula is C12H15N3O5. The first-order valence-corrected chi connectivity index (χ1v) is 5.71. The normalized spacial score (nSPS) is 10.9. The van der Waals surface area contributed by atoms with Crippen LogP contribution < -0.4 is 11.1 Å². The molecule has 0 saturated heterocycles. The van der Waals surface area contributed by atoms with Gasteiger partial charge in [-0.15, -0.1) is 0 Å². The Morgan fingerprint density at radius 1 is 1.45 bits per heavy atom. The molecule has 0 aromatic heterocycles. The summed E-state index contributed by atoms with van der Waals surface area (Å²) in [6.07, 6.45) is -0.0541. The van der Waals surface area contributed by atoms with E-state index in [4.69, 9.17) is 10.8 Å². The number of nitrogens with zero attached hydrogens (tertiary/aromatic N) is 1. The highest BCUT2D eigenvalue weighted by atomic mass is 16.6. The van der Waals surface area contributed by atoms with Crippen molar-refractivity contribution in [3.05, 3.63) is 33.9 Å². The molecule has 0 aliphatic heterocycles. The van der Waals surface area contributed by atoms with Crippen LogP contribution in [0.2, 0.25) is 0 Å². The highest BCUT2D eigenvalue weighted by Crippen LogP contribution is 2.31. The summed E-state index contributed by atoms with van der Waals surface area (Å²) in [5.41, 5.74) is 3.33. The number of para-hydroxylation sites is 1. The Labute approximate surface area is 114 Å². The molecule has 0 aliphatic carbocycles. The van der Waals surface area contributed by atoms with E-state index in [1.807, 2.05) is 0 Å². The lowest BCUT2D eigenvalue weighted by molar-refractivity contribution is -0.384. The molecule has 0 bridgehead atoms. The molecule has 108 valence electrons. The zero-order valence-corrected chi connectivity index (χ0v) is 11.0. The summed E-state index contributed by atoms with van der Waals surface area (Å²) in [6, 6.07) is 3.92. The smallest absolute Gasteiger partial charge is 0.342 e. The zero-order valence-electron chi connectivity index (χ0n) is 11.0.